The first kappa shape index (κ1) is 24.1. The van der Waals surface area contributed by atoms with Crippen molar-refractivity contribution >= 4 is 34.4 Å². The molecule has 0 aliphatic carbocycles. The Hall–Kier alpha value is -5.08. The number of rotatable bonds is 6. The maximum atomic E-state index is 9.06. The van der Waals surface area contributed by atoms with Crippen LogP contribution in [0.1, 0.15) is 30.5 Å². The van der Waals surface area contributed by atoms with Crippen LogP contribution in [-0.4, -0.2) is 4.57 Å². The highest BCUT2D eigenvalue weighted by molar-refractivity contribution is 7.16. The van der Waals surface area contributed by atoms with Gasteiger partial charge >= 0.3 is 0 Å². The Morgan fingerprint density at radius 2 is 1.81 bits per heavy atom. The van der Waals surface area contributed by atoms with Crippen molar-refractivity contribution in [3.63, 3.8) is 0 Å². The molecule has 0 aliphatic rings. The Bertz CT molecular complexity index is 1680. The molecule has 0 saturated heterocycles. The number of nitriles is 2. The third kappa shape index (κ3) is 4.89. The SMILES string of the molecule is [C-]#[N+]/C(C#N)=C\C=C\c1ccc(-c2ccc3cc(-c4ccc(/C=C(\C#N)[N+]#[C-])s4)n(C(C)C)c3c2)o1. The molecule has 0 atom stereocenters. The van der Waals surface area contributed by atoms with Crippen LogP contribution in [0.15, 0.2) is 76.5 Å². The predicted octanol–water partition coefficient (Wildman–Crippen LogP) is 8.33. The lowest BCUT2D eigenvalue weighted by Crippen LogP contribution is -2.01. The van der Waals surface area contributed by atoms with E-state index < -0.39 is 0 Å². The topological polar surface area (TPSA) is 74.4 Å². The van der Waals surface area contributed by atoms with Gasteiger partial charge in [-0.25, -0.2) is 20.2 Å². The first-order valence-corrected chi connectivity index (χ1v) is 11.8. The van der Waals surface area contributed by atoms with Crippen molar-refractivity contribution in [2.75, 3.05) is 0 Å². The molecule has 36 heavy (non-hydrogen) atoms. The highest BCUT2D eigenvalue weighted by Gasteiger charge is 2.16. The number of thiophene rings is 1. The zero-order valence-electron chi connectivity index (χ0n) is 19.6. The Labute approximate surface area is 213 Å². The number of aromatic nitrogens is 1. The van der Waals surface area contributed by atoms with Gasteiger partial charge in [-0.05, 0) is 68.5 Å². The van der Waals surface area contributed by atoms with E-state index in [9.17, 15) is 0 Å². The molecule has 3 aromatic heterocycles. The Morgan fingerprint density at radius 3 is 2.50 bits per heavy atom. The number of furan rings is 1. The number of fused-ring (bicyclic) bond motifs is 1. The van der Waals surface area contributed by atoms with Crippen molar-refractivity contribution in [2.45, 2.75) is 19.9 Å². The number of hydrogen-bond acceptors (Lipinski definition) is 4. The normalized spacial score (nSPS) is 12.0. The van der Waals surface area contributed by atoms with Crippen molar-refractivity contribution in [2.24, 2.45) is 0 Å². The van der Waals surface area contributed by atoms with Crippen LogP contribution in [-0.2, 0) is 0 Å². The van der Waals surface area contributed by atoms with Gasteiger partial charge in [0.25, 0.3) is 11.4 Å². The summed E-state index contributed by atoms with van der Waals surface area (Å²) in [6, 6.07) is 20.0. The second-order valence-electron chi connectivity index (χ2n) is 8.06. The van der Waals surface area contributed by atoms with Gasteiger partial charge in [-0.15, -0.1) is 11.3 Å². The Morgan fingerprint density at radius 1 is 1.03 bits per heavy atom. The maximum absolute atomic E-state index is 9.06. The molecule has 4 aromatic rings. The second kappa shape index (κ2) is 10.5. The van der Waals surface area contributed by atoms with Crippen LogP contribution in [0.25, 0.3) is 54.6 Å². The van der Waals surface area contributed by atoms with Gasteiger partial charge in [0.2, 0.25) is 0 Å². The van der Waals surface area contributed by atoms with Crippen LogP contribution < -0.4 is 0 Å². The summed E-state index contributed by atoms with van der Waals surface area (Å²) in [4.78, 5) is 8.30. The summed E-state index contributed by atoms with van der Waals surface area (Å²) in [7, 11) is 0. The van der Waals surface area contributed by atoms with Crippen LogP contribution in [0.5, 0.6) is 0 Å². The van der Waals surface area contributed by atoms with Crippen LogP contribution in [0, 0.1) is 35.8 Å². The summed E-state index contributed by atoms with van der Waals surface area (Å²) in [5, 5.41) is 19.0. The average molecular weight is 486 g/mol. The van der Waals surface area contributed by atoms with Crippen molar-refractivity contribution in [3.05, 3.63) is 106 Å². The van der Waals surface area contributed by atoms with E-state index in [1.165, 1.54) is 6.08 Å². The van der Waals surface area contributed by atoms with Crippen LogP contribution in [0.2, 0.25) is 0 Å². The summed E-state index contributed by atoms with van der Waals surface area (Å²) in [5.41, 5.74) is 3.17. The molecule has 7 heteroatoms. The predicted molar refractivity (Wildman–Crippen MR) is 143 cm³/mol. The molecule has 0 unspecified atom stereocenters. The minimum Gasteiger partial charge on any atom is -0.457 e. The number of allylic oxidation sites excluding steroid dienone is 4. The summed E-state index contributed by atoms with van der Waals surface area (Å²) in [5.74, 6) is 1.34. The number of benzene rings is 1. The molecule has 0 radical (unpaired) electrons. The van der Waals surface area contributed by atoms with E-state index in [-0.39, 0.29) is 17.4 Å². The molecule has 0 fully saturated rings. The third-order valence-corrected chi connectivity index (χ3v) is 6.47. The summed E-state index contributed by atoms with van der Waals surface area (Å²) in [6.07, 6.45) is 6.41. The Kier molecular flexibility index (Phi) is 6.99. The van der Waals surface area contributed by atoms with Gasteiger partial charge in [-0.1, -0.05) is 18.2 Å². The quantitative estimate of drug-likeness (QED) is 0.156. The van der Waals surface area contributed by atoms with E-state index in [1.54, 1.807) is 29.6 Å². The molecular weight excluding hydrogens is 466 g/mol. The summed E-state index contributed by atoms with van der Waals surface area (Å²) in [6.45, 7) is 18.3. The minimum atomic E-state index is 0.0134. The van der Waals surface area contributed by atoms with Crippen LogP contribution in [0.3, 0.4) is 0 Å². The minimum absolute atomic E-state index is 0.0134. The van der Waals surface area contributed by atoms with Gasteiger partial charge in [0.15, 0.2) is 0 Å². The molecule has 0 aliphatic heterocycles. The van der Waals surface area contributed by atoms with Gasteiger partial charge in [0.1, 0.15) is 11.5 Å². The van der Waals surface area contributed by atoms with Crippen LogP contribution >= 0.6 is 11.3 Å². The molecule has 4 rings (SSSR count). The van der Waals surface area contributed by atoms with Crippen molar-refractivity contribution in [1.82, 2.24) is 4.57 Å². The first-order chi connectivity index (χ1) is 17.5. The molecule has 0 saturated carbocycles. The van der Waals surface area contributed by atoms with E-state index >= 15 is 0 Å². The lowest BCUT2D eigenvalue weighted by Gasteiger charge is -2.14. The fourth-order valence-corrected chi connectivity index (χ4v) is 4.80. The molecular formula is C29H19N5OS. The zero-order valence-corrected chi connectivity index (χ0v) is 20.4. The van der Waals surface area contributed by atoms with Gasteiger partial charge in [-0.2, -0.15) is 0 Å². The van der Waals surface area contributed by atoms with Crippen molar-refractivity contribution in [1.29, 1.82) is 10.5 Å². The third-order valence-electron chi connectivity index (χ3n) is 5.41. The molecule has 0 amide bonds. The molecule has 0 bridgehead atoms. The zero-order chi connectivity index (χ0) is 25.7. The fourth-order valence-electron chi connectivity index (χ4n) is 3.84. The molecule has 0 spiro atoms. The smallest absolute Gasteiger partial charge is 0.263 e. The largest absolute Gasteiger partial charge is 0.457 e. The summed E-state index contributed by atoms with van der Waals surface area (Å²) >= 11 is 1.55. The molecule has 172 valence electrons. The number of nitrogens with zero attached hydrogens (tertiary/aromatic N) is 5. The lowest BCUT2D eigenvalue weighted by atomic mass is 10.1. The Balaban J connectivity index is 1.71. The molecule has 6 nitrogen and oxygen atoms in total. The monoisotopic (exact) mass is 485 g/mol. The van der Waals surface area contributed by atoms with Gasteiger partial charge < -0.3 is 8.98 Å². The van der Waals surface area contributed by atoms with Crippen molar-refractivity contribution in [3.8, 4) is 34.0 Å². The van der Waals surface area contributed by atoms with Gasteiger partial charge in [0, 0.05) is 27.4 Å². The highest BCUT2D eigenvalue weighted by Crippen LogP contribution is 2.37. The van der Waals surface area contributed by atoms with Crippen molar-refractivity contribution < 1.29 is 4.42 Å². The standard InChI is InChI=1S/C29H19N5OS/c1-19(2)34-26-15-21(28-12-10-24(35-28)7-5-6-22(17-30)32-3)9-8-20(26)14-27(34)29-13-11-25(36-29)16-23(18-31)33-4/h5-16,19H,1-2H3/b7-5+,22-6-,23-16+. The van der Waals surface area contributed by atoms with E-state index in [0.29, 0.717) is 5.76 Å². The van der Waals surface area contributed by atoms with E-state index in [1.807, 2.05) is 42.5 Å². The second-order valence-corrected chi connectivity index (χ2v) is 9.17. The van der Waals surface area contributed by atoms with Crippen LogP contribution in [0.4, 0.5) is 0 Å². The van der Waals surface area contributed by atoms with Gasteiger partial charge in [-0.3, -0.25) is 0 Å². The fraction of sp³-hybridized carbons (Fsp3) is 0.103. The molecule has 3 heterocycles. The van der Waals surface area contributed by atoms with E-state index in [4.69, 9.17) is 28.1 Å². The lowest BCUT2D eigenvalue weighted by molar-refractivity contribution is 0.571. The summed E-state index contributed by atoms with van der Waals surface area (Å²) < 4.78 is 8.26. The van der Waals surface area contributed by atoms with Gasteiger partial charge in [0.05, 0.1) is 35.9 Å². The molecule has 1 aromatic carbocycles. The van der Waals surface area contributed by atoms with E-state index in [2.05, 4.69) is 46.3 Å². The average Bonchev–Trinajstić information content (AvgIpc) is 3.62. The first-order valence-electron chi connectivity index (χ1n) is 11.0. The molecule has 0 N–H and O–H groups in total. The maximum Gasteiger partial charge on any atom is 0.263 e. The highest BCUT2D eigenvalue weighted by atomic mass is 32.1. The number of hydrogen-bond donors (Lipinski definition) is 0. The van der Waals surface area contributed by atoms with E-state index in [0.717, 1.165) is 37.7 Å².